The average Bonchev–Trinajstić information content (AvgIpc) is 2.81. The molecular formula is C25H34N4O3. The Kier molecular flexibility index (Phi) is 7.72. The van der Waals surface area contributed by atoms with E-state index in [9.17, 15) is 14.4 Å². The number of fused-ring (bicyclic) bond motifs is 1. The minimum atomic E-state index is -0.584. The standard InChI is InChI=1S/C25H34N4O3/c1-5-17(3)22(27-25(32)26-6-2)24(31)28-14-15-29(18(4)16-28)23(30)21-13-9-11-19-10-7-8-12-20(19)21/h7-13,17-18,22H,5-6,14-16H2,1-4H3,(H2,26,27,32). The van der Waals surface area contributed by atoms with E-state index in [1.165, 1.54) is 0 Å². The highest BCUT2D eigenvalue weighted by atomic mass is 16.2. The number of nitrogens with zero attached hydrogens (tertiary/aromatic N) is 2. The summed E-state index contributed by atoms with van der Waals surface area (Å²) in [5, 5.41) is 7.51. The van der Waals surface area contributed by atoms with Gasteiger partial charge in [0, 0.05) is 37.8 Å². The van der Waals surface area contributed by atoms with E-state index in [0.29, 0.717) is 31.7 Å². The molecule has 0 aliphatic carbocycles. The van der Waals surface area contributed by atoms with Crippen LogP contribution in [-0.4, -0.2) is 65.9 Å². The van der Waals surface area contributed by atoms with Crippen LogP contribution in [0.1, 0.15) is 44.5 Å². The predicted molar refractivity (Wildman–Crippen MR) is 126 cm³/mol. The fourth-order valence-corrected chi connectivity index (χ4v) is 4.26. The number of hydrogen-bond acceptors (Lipinski definition) is 3. The van der Waals surface area contributed by atoms with Crippen molar-refractivity contribution in [2.75, 3.05) is 26.2 Å². The molecule has 4 amide bonds. The second-order valence-electron chi connectivity index (χ2n) is 8.53. The molecule has 3 rings (SSSR count). The Morgan fingerprint density at radius 2 is 1.78 bits per heavy atom. The van der Waals surface area contributed by atoms with Crippen LogP contribution >= 0.6 is 0 Å². The predicted octanol–water partition coefficient (Wildman–Crippen LogP) is 3.25. The molecule has 0 saturated carbocycles. The van der Waals surface area contributed by atoms with E-state index < -0.39 is 6.04 Å². The Morgan fingerprint density at radius 1 is 1.06 bits per heavy atom. The zero-order chi connectivity index (χ0) is 23.3. The van der Waals surface area contributed by atoms with Gasteiger partial charge in [-0.25, -0.2) is 4.79 Å². The maximum atomic E-state index is 13.4. The lowest BCUT2D eigenvalue weighted by Crippen LogP contribution is -2.60. The number of piperazine rings is 1. The summed E-state index contributed by atoms with van der Waals surface area (Å²) in [7, 11) is 0. The van der Waals surface area contributed by atoms with Gasteiger partial charge in [-0.3, -0.25) is 9.59 Å². The van der Waals surface area contributed by atoms with Gasteiger partial charge in [-0.1, -0.05) is 56.7 Å². The highest BCUT2D eigenvalue weighted by Crippen LogP contribution is 2.23. The van der Waals surface area contributed by atoms with Gasteiger partial charge in [0.1, 0.15) is 6.04 Å². The highest BCUT2D eigenvalue weighted by Gasteiger charge is 2.35. The van der Waals surface area contributed by atoms with Crippen molar-refractivity contribution in [3.8, 4) is 0 Å². The van der Waals surface area contributed by atoms with Crippen molar-refractivity contribution in [2.24, 2.45) is 5.92 Å². The van der Waals surface area contributed by atoms with Crippen LogP contribution < -0.4 is 10.6 Å². The van der Waals surface area contributed by atoms with Crippen molar-refractivity contribution < 1.29 is 14.4 Å². The Bertz CT molecular complexity index is 971. The molecule has 1 aliphatic heterocycles. The van der Waals surface area contributed by atoms with Crippen LogP contribution in [0.4, 0.5) is 4.79 Å². The molecule has 0 spiro atoms. The van der Waals surface area contributed by atoms with E-state index in [1.54, 1.807) is 4.90 Å². The fraction of sp³-hybridized carbons (Fsp3) is 0.480. The van der Waals surface area contributed by atoms with Gasteiger partial charge in [0.2, 0.25) is 5.91 Å². The first-order valence-electron chi connectivity index (χ1n) is 11.5. The number of carbonyl (C=O) groups excluding carboxylic acids is 3. The SMILES string of the molecule is CCNC(=O)NC(C(=O)N1CCN(C(=O)c2cccc3ccccc23)C(C)C1)C(C)CC. The van der Waals surface area contributed by atoms with E-state index in [0.717, 1.165) is 17.2 Å². The number of benzene rings is 2. The average molecular weight is 439 g/mol. The highest BCUT2D eigenvalue weighted by molar-refractivity contribution is 6.07. The summed E-state index contributed by atoms with van der Waals surface area (Å²) in [6.07, 6.45) is 0.776. The van der Waals surface area contributed by atoms with Crippen LogP contribution in [0.3, 0.4) is 0 Å². The van der Waals surface area contributed by atoms with Crippen LogP contribution in [0.15, 0.2) is 42.5 Å². The van der Waals surface area contributed by atoms with E-state index in [2.05, 4.69) is 10.6 Å². The molecule has 1 fully saturated rings. The van der Waals surface area contributed by atoms with Crippen molar-refractivity contribution >= 4 is 28.6 Å². The van der Waals surface area contributed by atoms with Crippen molar-refractivity contribution in [2.45, 2.75) is 46.2 Å². The van der Waals surface area contributed by atoms with E-state index in [4.69, 9.17) is 0 Å². The largest absolute Gasteiger partial charge is 0.338 e. The lowest BCUT2D eigenvalue weighted by atomic mass is 9.97. The molecule has 0 radical (unpaired) electrons. The molecular weight excluding hydrogens is 404 g/mol. The third kappa shape index (κ3) is 5.03. The van der Waals surface area contributed by atoms with E-state index in [-0.39, 0.29) is 29.8 Å². The van der Waals surface area contributed by atoms with Gasteiger partial charge in [0.25, 0.3) is 5.91 Å². The minimum Gasteiger partial charge on any atom is -0.338 e. The smallest absolute Gasteiger partial charge is 0.315 e. The molecule has 1 aliphatic rings. The van der Waals surface area contributed by atoms with Gasteiger partial charge in [0.05, 0.1) is 0 Å². The normalized spacial score (nSPS) is 18.2. The lowest BCUT2D eigenvalue weighted by molar-refractivity contribution is -0.136. The number of carbonyl (C=O) groups is 3. The van der Waals surface area contributed by atoms with Crippen LogP contribution in [0, 0.1) is 5.92 Å². The van der Waals surface area contributed by atoms with Crippen molar-refractivity contribution in [3.63, 3.8) is 0 Å². The van der Waals surface area contributed by atoms with Crippen LogP contribution in [-0.2, 0) is 4.79 Å². The maximum absolute atomic E-state index is 13.4. The number of urea groups is 1. The van der Waals surface area contributed by atoms with Gasteiger partial charge in [-0.05, 0) is 36.6 Å². The summed E-state index contributed by atoms with van der Waals surface area (Å²) in [5.41, 5.74) is 0.685. The van der Waals surface area contributed by atoms with Gasteiger partial charge >= 0.3 is 6.03 Å². The topological polar surface area (TPSA) is 81.8 Å². The molecule has 3 atom stereocenters. The Hall–Kier alpha value is -3.09. The third-order valence-corrected chi connectivity index (χ3v) is 6.32. The first kappa shape index (κ1) is 23.6. The first-order chi connectivity index (χ1) is 15.4. The molecule has 2 aromatic rings. The van der Waals surface area contributed by atoms with Crippen LogP contribution in [0.25, 0.3) is 10.8 Å². The molecule has 1 heterocycles. The minimum absolute atomic E-state index is 0.00996. The Labute approximate surface area is 190 Å². The van der Waals surface area contributed by atoms with Gasteiger partial charge in [-0.15, -0.1) is 0 Å². The molecule has 2 N–H and O–H groups in total. The second-order valence-corrected chi connectivity index (χ2v) is 8.53. The maximum Gasteiger partial charge on any atom is 0.315 e. The second kappa shape index (κ2) is 10.5. The summed E-state index contributed by atoms with van der Waals surface area (Å²) in [6.45, 7) is 9.64. The monoisotopic (exact) mass is 438 g/mol. The molecule has 7 heteroatoms. The first-order valence-corrected chi connectivity index (χ1v) is 11.5. The molecule has 172 valence electrons. The molecule has 7 nitrogen and oxygen atoms in total. The van der Waals surface area contributed by atoms with Gasteiger partial charge < -0.3 is 20.4 Å². The molecule has 3 unspecified atom stereocenters. The fourth-order valence-electron chi connectivity index (χ4n) is 4.26. The summed E-state index contributed by atoms with van der Waals surface area (Å²) in [5.74, 6) is -0.0919. The summed E-state index contributed by atoms with van der Waals surface area (Å²) >= 11 is 0. The number of rotatable bonds is 6. The van der Waals surface area contributed by atoms with E-state index >= 15 is 0 Å². The number of nitrogens with one attached hydrogen (secondary N) is 2. The van der Waals surface area contributed by atoms with Crippen molar-refractivity contribution in [1.29, 1.82) is 0 Å². The van der Waals surface area contributed by atoms with Crippen LogP contribution in [0.2, 0.25) is 0 Å². The quantitative estimate of drug-likeness (QED) is 0.726. The molecule has 2 aromatic carbocycles. The third-order valence-electron chi connectivity index (χ3n) is 6.32. The number of hydrogen-bond donors (Lipinski definition) is 2. The molecule has 1 saturated heterocycles. The lowest BCUT2D eigenvalue weighted by Gasteiger charge is -2.41. The zero-order valence-electron chi connectivity index (χ0n) is 19.4. The molecule has 32 heavy (non-hydrogen) atoms. The number of amides is 4. The van der Waals surface area contributed by atoms with E-state index in [1.807, 2.05) is 75.1 Å². The van der Waals surface area contributed by atoms with Gasteiger partial charge in [0.15, 0.2) is 0 Å². The molecule has 0 bridgehead atoms. The van der Waals surface area contributed by atoms with Crippen molar-refractivity contribution in [3.05, 3.63) is 48.0 Å². The van der Waals surface area contributed by atoms with Gasteiger partial charge in [-0.2, -0.15) is 0 Å². The Balaban J connectivity index is 1.72. The van der Waals surface area contributed by atoms with Crippen molar-refractivity contribution in [1.82, 2.24) is 20.4 Å². The zero-order valence-corrected chi connectivity index (χ0v) is 19.4. The van der Waals surface area contributed by atoms with Crippen LogP contribution in [0.5, 0.6) is 0 Å². The Morgan fingerprint density at radius 3 is 2.47 bits per heavy atom. The summed E-state index contributed by atoms with van der Waals surface area (Å²) < 4.78 is 0. The molecule has 0 aromatic heterocycles. The summed E-state index contributed by atoms with van der Waals surface area (Å²) in [6, 6.07) is 12.6. The summed E-state index contributed by atoms with van der Waals surface area (Å²) in [4.78, 5) is 42.4.